The second-order valence-electron chi connectivity index (χ2n) is 5.51. The van der Waals surface area contributed by atoms with Crippen molar-refractivity contribution < 1.29 is 4.74 Å². The minimum Gasteiger partial charge on any atom is -0.381 e. The minimum atomic E-state index is -0.0373. The van der Waals surface area contributed by atoms with Crippen molar-refractivity contribution in [2.45, 2.75) is 59.4 Å². The first kappa shape index (κ1) is 21.5. The molecule has 1 aromatic carbocycles. The first-order valence-electron chi connectivity index (χ1n) is 8.00. The van der Waals surface area contributed by atoms with Crippen LogP contribution >= 0.6 is 23.2 Å². The fourth-order valence-electron chi connectivity index (χ4n) is 1.79. The van der Waals surface area contributed by atoms with E-state index in [1.54, 1.807) is 6.07 Å². The predicted octanol–water partition coefficient (Wildman–Crippen LogP) is 5.92. The van der Waals surface area contributed by atoms with E-state index in [0.717, 1.165) is 38.2 Å². The van der Waals surface area contributed by atoms with Gasteiger partial charge in [0.05, 0.1) is 5.69 Å². The molecule has 0 amide bonds. The molecule has 3 nitrogen and oxygen atoms in total. The zero-order valence-corrected chi connectivity index (χ0v) is 15.9. The summed E-state index contributed by atoms with van der Waals surface area (Å²) in [4.78, 5) is 0. The smallest absolute Gasteiger partial charge is 0.0517 e. The highest BCUT2D eigenvalue weighted by molar-refractivity contribution is 6.35. The molecule has 0 atom stereocenters. The third-order valence-electron chi connectivity index (χ3n) is 2.85. The topological polar surface area (TPSA) is 33.3 Å². The number of hydrogen-bond donors (Lipinski definition) is 2. The van der Waals surface area contributed by atoms with Crippen LogP contribution in [0, 0.1) is 0 Å². The molecule has 0 spiro atoms. The number of hydrogen-bond acceptors (Lipinski definition) is 3. The Balaban J connectivity index is 0.00000211. The van der Waals surface area contributed by atoms with Gasteiger partial charge in [0.1, 0.15) is 0 Å². The van der Waals surface area contributed by atoms with Gasteiger partial charge < -0.3 is 10.2 Å². The van der Waals surface area contributed by atoms with Crippen molar-refractivity contribution in [3.63, 3.8) is 0 Å². The van der Waals surface area contributed by atoms with Crippen LogP contribution in [0.15, 0.2) is 18.2 Å². The van der Waals surface area contributed by atoms with Gasteiger partial charge in [-0.05, 0) is 51.3 Å². The Labute approximate surface area is 145 Å². The van der Waals surface area contributed by atoms with Gasteiger partial charge in [-0.15, -0.1) is 0 Å². The summed E-state index contributed by atoms with van der Waals surface area (Å²) in [5, 5.41) is 1.24. The van der Waals surface area contributed by atoms with Crippen molar-refractivity contribution in [2.24, 2.45) is 0 Å². The van der Waals surface area contributed by atoms with Gasteiger partial charge in [-0.3, -0.25) is 0 Å². The van der Waals surface area contributed by atoms with E-state index < -0.39 is 0 Å². The molecule has 5 heteroatoms. The molecule has 0 unspecified atom stereocenters. The first-order valence-corrected chi connectivity index (χ1v) is 8.75. The Kier molecular flexibility index (Phi) is 11.7. The fourth-order valence-corrected chi connectivity index (χ4v) is 2.32. The van der Waals surface area contributed by atoms with Crippen LogP contribution in [0.2, 0.25) is 10.0 Å². The van der Waals surface area contributed by atoms with Crippen LogP contribution in [0.5, 0.6) is 0 Å². The quantitative estimate of drug-likeness (QED) is 0.429. The number of hydrazine groups is 1. The molecular weight excluding hydrogens is 319 g/mol. The number of anilines is 1. The number of nitrogens with one attached hydrogen (secondary N) is 2. The third kappa shape index (κ3) is 10.3. The SMILES string of the molecule is CC.CCCOCCCC(C)(C)NNc1cc(Cl)cc(Cl)c1. The molecule has 0 saturated carbocycles. The molecule has 0 radical (unpaired) electrons. The highest BCUT2D eigenvalue weighted by Gasteiger charge is 2.16. The maximum Gasteiger partial charge on any atom is 0.0517 e. The molecule has 0 aliphatic rings. The second-order valence-corrected chi connectivity index (χ2v) is 6.38. The third-order valence-corrected chi connectivity index (χ3v) is 3.28. The molecule has 0 saturated heterocycles. The molecule has 1 aromatic rings. The van der Waals surface area contributed by atoms with Crippen LogP contribution in [-0.2, 0) is 4.74 Å². The lowest BCUT2D eigenvalue weighted by Crippen LogP contribution is -2.43. The van der Waals surface area contributed by atoms with E-state index in [1.165, 1.54) is 0 Å². The Hall–Kier alpha value is -0.480. The minimum absolute atomic E-state index is 0.0373. The summed E-state index contributed by atoms with van der Waals surface area (Å²) >= 11 is 11.9. The highest BCUT2D eigenvalue weighted by Crippen LogP contribution is 2.22. The van der Waals surface area contributed by atoms with Crippen LogP contribution < -0.4 is 10.9 Å². The summed E-state index contributed by atoms with van der Waals surface area (Å²) in [5.41, 5.74) is 7.28. The second kappa shape index (κ2) is 12.0. The van der Waals surface area contributed by atoms with Crippen molar-refractivity contribution >= 4 is 28.9 Å². The molecule has 0 aromatic heterocycles. The molecule has 0 aliphatic heterocycles. The average molecular weight is 349 g/mol. The maximum absolute atomic E-state index is 5.96. The van der Waals surface area contributed by atoms with Crippen LogP contribution in [0.3, 0.4) is 0 Å². The summed E-state index contributed by atoms with van der Waals surface area (Å²) in [6.07, 6.45) is 3.11. The number of benzene rings is 1. The number of ether oxygens (including phenoxy) is 1. The van der Waals surface area contributed by atoms with E-state index in [2.05, 4.69) is 31.6 Å². The standard InChI is InChI=1S/C15H24Cl2N2O.C2H6/c1-4-7-20-8-5-6-15(2,3)19-18-14-10-12(16)9-13(17)11-14;1-2/h9-11,18-19H,4-8H2,1-3H3;1-2H3. The zero-order valence-electron chi connectivity index (χ0n) is 14.4. The molecule has 0 heterocycles. The Morgan fingerprint density at radius 3 is 2.18 bits per heavy atom. The molecule has 1 rings (SSSR count). The molecule has 0 fully saturated rings. The van der Waals surface area contributed by atoms with Gasteiger partial charge in [-0.2, -0.15) is 0 Å². The predicted molar refractivity (Wildman–Crippen MR) is 99.0 cm³/mol. The molecule has 22 heavy (non-hydrogen) atoms. The van der Waals surface area contributed by atoms with Crippen molar-refractivity contribution in [2.75, 3.05) is 18.6 Å². The van der Waals surface area contributed by atoms with Gasteiger partial charge in [-0.1, -0.05) is 44.0 Å². The molecule has 0 aliphatic carbocycles. The van der Waals surface area contributed by atoms with Gasteiger partial charge in [0.15, 0.2) is 0 Å². The lowest BCUT2D eigenvalue weighted by Gasteiger charge is -2.27. The van der Waals surface area contributed by atoms with Gasteiger partial charge in [0.25, 0.3) is 0 Å². The molecule has 0 bridgehead atoms. The van der Waals surface area contributed by atoms with E-state index in [9.17, 15) is 0 Å². The Bertz CT molecular complexity index is 391. The largest absolute Gasteiger partial charge is 0.381 e. The lowest BCUT2D eigenvalue weighted by molar-refractivity contribution is 0.125. The average Bonchev–Trinajstić information content (AvgIpc) is 2.46. The van der Waals surface area contributed by atoms with E-state index >= 15 is 0 Å². The summed E-state index contributed by atoms with van der Waals surface area (Å²) in [6, 6.07) is 5.38. The summed E-state index contributed by atoms with van der Waals surface area (Å²) in [6.45, 7) is 12.1. The normalized spacial score (nSPS) is 10.9. The lowest BCUT2D eigenvalue weighted by atomic mass is 10.00. The van der Waals surface area contributed by atoms with Gasteiger partial charge >= 0.3 is 0 Å². The molecule has 128 valence electrons. The Morgan fingerprint density at radius 1 is 1.05 bits per heavy atom. The monoisotopic (exact) mass is 348 g/mol. The van der Waals surface area contributed by atoms with E-state index in [1.807, 2.05) is 26.0 Å². The zero-order chi connectivity index (χ0) is 17.0. The van der Waals surface area contributed by atoms with E-state index in [0.29, 0.717) is 10.0 Å². The van der Waals surface area contributed by atoms with Gasteiger partial charge in [-0.25, -0.2) is 5.43 Å². The van der Waals surface area contributed by atoms with Crippen LogP contribution in [0.1, 0.15) is 53.9 Å². The van der Waals surface area contributed by atoms with Crippen LogP contribution in [0.4, 0.5) is 5.69 Å². The maximum atomic E-state index is 5.96. The Morgan fingerprint density at radius 2 is 1.64 bits per heavy atom. The van der Waals surface area contributed by atoms with E-state index in [4.69, 9.17) is 27.9 Å². The number of rotatable bonds is 9. The molecule has 2 N–H and O–H groups in total. The van der Waals surface area contributed by atoms with Crippen molar-refractivity contribution in [3.8, 4) is 0 Å². The van der Waals surface area contributed by atoms with Crippen molar-refractivity contribution in [1.29, 1.82) is 0 Å². The van der Waals surface area contributed by atoms with Crippen molar-refractivity contribution in [1.82, 2.24) is 5.43 Å². The fraction of sp³-hybridized carbons (Fsp3) is 0.647. The van der Waals surface area contributed by atoms with Crippen molar-refractivity contribution in [3.05, 3.63) is 28.2 Å². The summed E-state index contributed by atoms with van der Waals surface area (Å²) in [7, 11) is 0. The number of halogens is 2. The van der Waals surface area contributed by atoms with Gasteiger partial charge in [0, 0.05) is 28.8 Å². The van der Waals surface area contributed by atoms with Gasteiger partial charge in [0.2, 0.25) is 0 Å². The van der Waals surface area contributed by atoms with E-state index in [-0.39, 0.29) is 5.54 Å². The van der Waals surface area contributed by atoms with Crippen LogP contribution in [-0.4, -0.2) is 18.8 Å². The highest BCUT2D eigenvalue weighted by atomic mass is 35.5. The first-order chi connectivity index (χ1) is 10.4. The summed E-state index contributed by atoms with van der Waals surface area (Å²) < 4.78 is 5.49. The molecular formula is C17H30Cl2N2O. The summed E-state index contributed by atoms with van der Waals surface area (Å²) in [5.74, 6) is 0. The van der Waals surface area contributed by atoms with Crippen LogP contribution in [0.25, 0.3) is 0 Å².